The van der Waals surface area contributed by atoms with Crippen LogP contribution in [-0.4, -0.2) is 49.7 Å². The van der Waals surface area contributed by atoms with E-state index >= 15 is 0 Å². The average Bonchev–Trinajstić information content (AvgIpc) is 3.28. The summed E-state index contributed by atoms with van der Waals surface area (Å²) in [7, 11) is 0. The Morgan fingerprint density at radius 3 is 2.88 bits per heavy atom. The zero-order chi connectivity index (χ0) is 16.5. The number of hydrogen-bond acceptors (Lipinski definition) is 4. The minimum atomic E-state index is -0.112. The van der Waals surface area contributed by atoms with Crippen LogP contribution in [0.4, 0.5) is 0 Å². The summed E-state index contributed by atoms with van der Waals surface area (Å²) in [5.74, 6) is -0.112. The van der Waals surface area contributed by atoms with E-state index in [1.165, 1.54) is 0 Å². The third kappa shape index (κ3) is 2.35. The van der Waals surface area contributed by atoms with Crippen molar-refractivity contribution in [3.05, 3.63) is 54.4 Å². The fourth-order valence-electron chi connectivity index (χ4n) is 3.32. The number of rotatable bonds is 3. The van der Waals surface area contributed by atoms with Crippen molar-refractivity contribution in [3.8, 4) is 11.3 Å². The van der Waals surface area contributed by atoms with Crippen molar-refractivity contribution in [1.82, 2.24) is 19.5 Å². The van der Waals surface area contributed by atoms with Gasteiger partial charge in [-0.25, -0.2) is 9.50 Å². The highest BCUT2D eigenvalue weighted by Crippen LogP contribution is 2.24. The molecule has 4 rings (SSSR count). The van der Waals surface area contributed by atoms with Crippen LogP contribution >= 0.6 is 0 Å². The van der Waals surface area contributed by atoms with Crippen molar-refractivity contribution >= 4 is 11.6 Å². The van der Waals surface area contributed by atoms with E-state index in [0.29, 0.717) is 17.8 Å². The molecule has 1 N–H and O–H groups in total. The summed E-state index contributed by atoms with van der Waals surface area (Å²) in [5, 5.41) is 13.8. The van der Waals surface area contributed by atoms with Gasteiger partial charge in [0, 0.05) is 18.3 Å². The molecule has 1 amide bonds. The number of aliphatic hydroxyl groups excluding tert-OH is 1. The molecule has 1 atom stereocenters. The van der Waals surface area contributed by atoms with Gasteiger partial charge < -0.3 is 10.0 Å². The number of carbonyl (C=O) groups is 1. The van der Waals surface area contributed by atoms with Gasteiger partial charge in [0.1, 0.15) is 5.56 Å². The summed E-state index contributed by atoms with van der Waals surface area (Å²) < 4.78 is 1.70. The number of likely N-dealkylation sites (tertiary alicyclic amines) is 1. The fraction of sp³-hybridized carbons (Fsp3) is 0.278. The Balaban J connectivity index is 1.77. The number of hydrogen-bond donors (Lipinski definition) is 1. The Morgan fingerprint density at radius 2 is 2.08 bits per heavy atom. The van der Waals surface area contributed by atoms with Crippen LogP contribution < -0.4 is 0 Å². The number of benzene rings is 1. The summed E-state index contributed by atoms with van der Waals surface area (Å²) >= 11 is 0. The lowest BCUT2D eigenvalue weighted by Gasteiger charge is -2.22. The van der Waals surface area contributed by atoms with Crippen molar-refractivity contribution in [2.75, 3.05) is 13.2 Å². The normalized spacial score (nSPS) is 17.5. The zero-order valence-electron chi connectivity index (χ0n) is 13.2. The molecule has 2 aromatic heterocycles. The first-order chi connectivity index (χ1) is 11.8. The number of fused-ring (bicyclic) bond motifs is 1. The Labute approximate surface area is 139 Å². The Morgan fingerprint density at radius 1 is 1.25 bits per heavy atom. The summed E-state index contributed by atoms with van der Waals surface area (Å²) in [4.78, 5) is 19.0. The molecule has 1 aromatic carbocycles. The highest BCUT2D eigenvalue weighted by molar-refractivity contribution is 6.00. The van der Waals surface area contributed by atoms with Gasteiger partial charge in [0.25, 0.3) is 5.91 Å². The van der Waals surface area contributed by atoms with Crippen molar-refractivity contribution in [1.29, 1.82) is 0 Å². The highest BCUT2D eigenvalue weighted by atomic mass is 16.3. The molecule has 0 aliphatic carbocycles. The van der Waals surface area contributed by atoms with E-state index in [4.69, 9.17) is 0 Å². The third-order valence-electron chi connectivity index (χ3n) is 4.55. The molecule has 6 nitrogen and oxygen atoms in total. The van der Waals surface area contributed by atoms with Crippen LogP contribution in [0, 0.1) is 0 Å². The smallest absolute Gasteiger partial charge is 0.259 e. The first-order valence-corrected chi connectivity index (χ1v) is 8.09. The van der Waals surface area contributed by atoms with E-state index in [9.17, 15) is 9.90 Å². The molecule has 1 fully saturated rings. The van der Waals surface area contributed by atoms with Gasteiger partial charge in [-0.05, 0) is 18.9 Å². The molecule has 24 heavy (non-hydrogen) atoms. The molecule has 6 heteroatoms. The van der Waals surface area contributed by atoms with Crippen LogP contribution in [0.25, 0.3) is 16.9 Å². The minimum Gasteiger partial charge on any atom is -0.394 e. The van der Waals surface area contributed by atoms with E-state index in [-0.39, 0.29) is 18.6 Å². The molecule has 0 radical (unpaired) electrons. The second-order valence-electron chi connectivity index (χ2n) is 5.97. The molecule has 1 aliphatic heterocycles. The third-order valence-corrected chi connectivity index (χ3v) is 4.55. The number of aromatic nitrogens is 3. The fourth-order valence-corrected chi connectivity index (χ4v) is 3.32. The summed E-state index contributed by atoms with van der Waals surface area (Å²) in [6.45, 7) is 0.660. The second-order valence-corrected chi connectivity index (χ2v) is 5.97. The van der Waals surface area contributed by atoms with Gasteiger partial charge in [-0.15, -0.1) is 0 Å². The SMILES string of the molecule is O=C(c1cnn2c(-c3ccccc3)ccnc12)N1CCC[C@@H]1CO. The van der Waals surface area contributed by atoms with Gasteiger partial charge in [0.15, 0.2) is 5.65 Å². The molecule has 3 aromatic rings. The van der Waals surface area contributed by atoms with Crippen LogP contribution in [-0.2, 0) is 0 Å². The van der Waals surface area contributed by atoms with Gasteiger partial charge in [0.05, 0.1) is 24.5 Å². The number of nitrogens with zero attached hydrogens (tertiary/aromatic N) is 4. The second kappa shape index (κ2) is 6.05. The topological polar surface area (TPSA) is 70.7 Å². The molecule has 1 aliphatic rings. The van der Waals surface area contributed by atoms with Gasteiger partial charge in [-0.3, -0.25) is 4.79 Å². The maximum atomic E-state index is 12.9. The van der Waals surface area contributed by atoms with Crippen LogP contribution in [0.15, 0.2) is 48.8 Å². The maximum absolute atomic E-state index is 12.9. The monoisotopic (exact) mass is 322 g/mol. The molecule has 0 spiro atoms. The molecule has 3 heterocycles. The van der Waals surface area contributed by atoms with E-state index in [2.05, 4.69) is 10.1 Å². The standard InChI is InChI=1S/C18H18N4O2/c23-12-14-7-4-10-21(14)18(24)15-11-20-22-16(8-9-19-17(15)22)13-5-2-1-3-6-13/h1-3,5-6,8-9,11,14,23H,4,7,10,12H2/t14-/m1/s1. The lowest BCUT2D eigenvalue weighted by Crippen LogP contribution is -2.37. The highest BCUT2D eigenvalue weighted by Gasteiger charge is 2.30. The largest absolute Gasteiger partial charge is 0.394 e. The van der Waals surface area contributed by atoms with Crippen LogP contribution in [0.1, 0.15) is 23.2 Å². The molecule has 0 saturated carbocycles. The molecular weight excluding hydrogens is 304 g/mol. The average molecular weight is 322 g/mol. The van der Waals surface area contributed by atoms with Gasteiger partial charge in [-0.1, -0.05) is 30.3 Å². The van der Waals surface area contributed by atoms with Crippen molar-refractivity contribution in [2.24, 2.45) is 0 Å². The summed E-state index contributed by atoms with van der Waals surface area (Å²) in [6, 6.07) is 11.7. The van der Waals surface area contributed by atoms with E-state index in [0.717, 1.165) is 24.1 Å². The molecular formula is C18H18N4O2. The zero-order valence-corrected chi connectivity index (χ0v) is 13.2. The van der Waals surface area contributed by atoms with E-state index < -0.39 is 0 Å². The minimum absolute atomic E-state index is 0.00630. The Hall–Kier alpha value is -2.73. The summed E-state index contributed by atoms with van der Waals surface area (Å²) in [6.07, 6.45) is 5.02. The Kier molecular flexibility index (Phi) is 3.74. The summed E-state index contributed by atoms with van der Waals surface area (Å²) in [5.41, 5.74) is 2.93. The number of amides is 1. The number of aliphatic hydroxyl groups is 1. The van der Waals surface area contributed by atoms with Gasteiger partial charge >= 0.3 is 0 Å². The van der Waals surface area contributed by atoms with Crippen LogP contribution in [0.3, 0.4) is 0 Å². The van der Waals surface area contributed by atoms with Gasteiger partial charge in [-0.2, -0.15) is 5.10 Å². The molecule has 122 valence electrons. The van der Waals surface area contributed by atoms with Gasteiger partial charge in [0.2, 0.25) is 0 Å². The number of carbonyl (C=O) groups excluding carboxylic acids is 1. The van der Waals surface area contributed by atoms with E-state index in [1.807, 2.05) is 36.4 Å². The van der Waals surface area contributed by atoms with Crippen LogP contribution in [0.2, 0.25) is 0 Å². The Bertz CT molecular complexity index is 875. The van der Waals surface area contributed by atoms with Crippen molar-refractivity contribution in [2.45, 2.75) is 18.9 Å². The van der Waals surface area contributed by atoms with E-state index in [1.54, 1.807) is 21.8 Å². The predicted molar refractivity (Wildman–Crippen MR) is 89.6 cm³/mol. The molecule has 1 saturated heterocycles. The van der Waals surface area contributed by atoms with Crippen molar-refractivity contribution < 1.29 is 9.90 Å². The lowest BCUT2D eigenvalue weighted by atomic mass is 10.1. The quantitative estimate of drug-likeness (QED) is 0.800. The first-order valence-electron chi connectivity index (χ1n) is 8.09. The van der Waals surface area contributed by atoms with Crippen LogP contribution in [0.5, 0.6) is 0 Å². The van der Waals surface area contributed by atoms with Crippen molar-refractivity contribution in [3.63, 3.8) is 0 Å². The molecule has 0 unspecified atom stereocenters. The lowest BCUT2D eigenvalue weighted by molar-refractivity contribution is 0.0679. The molecule has 0 bridgehead atoms. The predicted octanol–water partition coefficient (Wildman–Crippen LogP) is 1.99. The maximum Gasteiger partial charge on any atom is 0.259 e. The first kappa shape index (κ1) is 14.8.